The first kappa shape index (κ1) is 29.5. The molecular formula is C30H28F2N6O5S. The number of carbonyl (C=O) groups excluding carboxylic acids is 1. The van der Waals surface area contributed by atoms with E-state index in [1.165, 1.54) is 43.5 Å². The number of aryl methyl sites for hydroxylation is 1. The summed E-state index contributed by atoms with van der Waals surface area (Å²) in [6.07, 6.45) is 2.54. The van der Waals surface area contributed by atoms with Crippen LogP contribution in [-0.4, -0.2) is 82.9 Å². The zero-order valence-electron chi connectivity index (χ0n) is 23.9. The molecule has 6 rings (SSSR count). The van der Waals surface area contributed by atoms with E-state index in [0.29, 0.717) is 0 Å². The second-order valence-electron chi connectivity index (χ2n) is 10.7. The van der Waals surface area contributed by atoms with E-state index >= 15 is 4.39 Å². The molecule has 1 aromatic carbocycles. The summed E-state index contributed by atoms with van der Waals surface area (Å²) in [4.78, 5) is 42.5. The van der Waals surface area contributed by atoms with Gasteiger partial charge in [0, 0.05) is 37.4 Å². The number of piperazine rings is 1. The average Bonchev–Trinajstić information content (AvgIpc) is 2.96. The standard InChI is InChI=1S/C30H28F2N6O5S/c1-4-25(39)36-11-12-37(17(2)14-36)28-21-13-23(32)26(20-7-5-6-8-22(20)31)34-29(21)38(30(40)35-28)27-18(3)33-10-9-24(27)44(41,42)19-15-43-16-19/h4-10,13,17,19H,1,11-12,14-16H2,2-3H3/t17-/m0/s1. The van der Waals surface area contributed by atoms with E-state index in [1.54, 1.807) is 9.80 Å². The highest BCUT2D eigenvalue weighted by Crippen LogP contribution is 2.34. The summed E-state index contributed by atoms with van der Waals surface area (Å²) in [5, 5.41) is -0.733. The van der Waals surface area contributed by atoms with Crippen LogP contribution in [0.1, 0.15) is 12.6 Å². The molecule has 44 heavy (non-hydrogen) atoms. The van der Waals surface area contributed by atoms with Crippen LogP contribution in [-0.2, 0) is 19.4 Å². The van der Waals surface area contributed by atoms with Crippen LogP contribution < -0.4 is 10.6 Å². The SMILES string of the molecule is C=CC(=O)N1CCN(c2nc(=O)n(-c3c(S(=O)(=O)C4COC4)ccnc3C)c3nc(-c4ccccc4F)c(F)cc23)[C@@H](C)C1. The van der Waals surface area contributed by atoms with Crippen LogP contribution in [0.25, 0.3) is 28.0 Å². The molecule has 2 aliphatic heterocycles. The number of carbonyl (C=O) groups is 1. The maximum atomic E-state index is 15.8. The van der Waals surface area contributed by atoms with Crippen LogP contribution in [0.3, 0.4) is 0 Å². The lowest BCUT2D eigenvalue weighted by molar-refractivity contribution is -0.126. The summed E-state index contributed by atoms with van der Waals surface area (Å²) in [5.74, 6) is -1.75. The van der Waals surface area contributed by atoms with Crippen LogP contribution in [0.15, 0.2) is 64.9 Å². The molecule has 0 bridgehead atoms. The largest absolute Gasteiger partial charge is 0.379 e. The molecule has 1 atom stereocenters. The Morgan fingerprint density at radius 1 is 1.11 bits per heavy atom. The van der Waals surface area contributed by atoms with Crippen LogP contribution >= 0.6 is 0 Å². The van der Waals surface area contributed by atoms with Crippen molar-refractivity contribution < 1.29 is 26.7 Å². The lowest BCUT2D eigenvalue weighted by Crippen LogP contribution is -2.54. The van der Waals surface area contributed by atoms with Gasteiger partial charge in [-0.3, -0.25) is 9.78 Å². The minimum absolute atomic E-state index is 0.00487. The molecule has 228 valence electrons. The van der Waals surface area contributed by atoms with E-state index in [9.17, 15) is 22.4 Å². The fourth-order valence-electron chi connectivity index (χ4n) is 5.58. The fourth-order valence-corrected chi connectivity index (χ4v) is 7.25. The van der Waals surface area contributed by atoms with Gasteiger partial charge in [-0.2, -0.15) is 4.98 Å². The highest BCUT2D eigenvalue weighted by atomic mass is 32.2. The van der Waals surface area contributed by atoms with Gasteiger partial charge in [-0.15, -0.1) is 0 Å². The first-order valence-corrected chi connectivity index (χ1v) is 15.4. The molecular weight excluding hydrogens is 594 g/mol. The molecule has 11 nitrogen and oxygen atoms in total. The average molecular weight is 623 g/mol. The second-order valence-corrected chi connectivity index (χ2v) is 12.9. The van der Waals surface area contributed by atoms with Gasteiger partial charge in [0.15, 0.2) is 15.5 Å². The van der Waals surface area contributed by atoms with Crippen molar-refractivity contribution >= 4 is 32.6 Å². The number of rotatable bonds is 6. The van der Waals surface area contributed by atoms with E-state index < -0.39 is 32.4 Å². The minimum atomic E-state index is -3.99. The summed E-state index contributed by atoms with van der Waals surface area (Å²) in [6, 6.07) is 7.57. The first-order chi connectivity index (χ1) is 21.0. The number of anilines is 1. The number of hydrogen-bond acceptors (Lipinski definition) is 9. The van der Waals surface area contributed by atoms with Crippen LogP contribution in [0.4, 0.5) is 14.6 Å². The third-order valence-electron chi connectivity index (χ3n) is 7.96. The van der Waals surface area contributed by atoms with E-state index in [-0.39, 0.29) is 89.2 Å². The molecule has 1 amide bonds. The molecule has 2 aliphatic rings. The number of benzene rings is 1. The van der Waals surface area contributed by atoms with Crippen molar-refractivity contribution in [1.29, 1.82) is 0 Å². The minimum Gasteiger partial charge on any atom is -0.379 e. The van der Waals surface area contributed by atoms with Crippen molar-refractivity contribution in [2.24, 2.45) is 0 Å². The first-order valence-electron chi connectivity index (χ1n) is 13.9. The molecule has 0 radical (unpaired) electrons. The summed E-state index contributed by atoms with van der Waals surface area (Å²) < 4.78 is 64.1. The summed E-state index contributed by atoms with van der Waals surface area (Å²) >= 11 is 0. The number of ether oxygens (including phenoxy) is 1. The van der Waals surface area contributed by atoms with Gasteiger partial charge in [-0.25, -0.2) is 31.5 Å². The van der Waals surface area contributed by atoms with Gasteiger partial charge in [-0.1, -0.05) is 18.7 Å². The summed E-state index contributed by atoms with van der Waals surface area (Å²) in [6.45, 7) is 7.73. The van der Waals surface area contributed by atoms with Crippen molar-refractivity contribution in [1.82, 2.24) is 24.4 Å². The van der Waals surface area contributed by atoms with Gasteiger partial charge in [0.05, 0.1) is 34.9 Å². The quantitative estimate of drug-likeness (QED) is 0.298. The Kier molecular flexibility index (Phi) is 7.49. The predicted molar refractivity (Wildman–Crippen MR) is 158 cm³/mol. The molecule has 0 N–H and O–H groups in total. The molecule has 5 heterocycles. The highest BCUT2D eigenvalue weighted by Gasteiger charge is 2.37. The maximum Gasteiger partial charge on any atom is 0.355 e. The second kappa shape index (κ2) is 11.2. The molecule has 0 spiro atoms. The van der Waals surface area contributed by atoms with Gasteiger partial charge in [0.1, 0.15) is 28.4 Å². The Bertz CT molecular complexity index is 2000. The van der Waals surface area contributed by atoms with Crippen LogP contribution in [0, 0.1) is 18.6 Å². The van der Waals surface area contributed by atoms with E-state index in [0.717, 1.165) is 16.7 Å². The Morgan fingerprint density at radius 2 is 1.86 bits per heavy atom. The number of nitrogens with zero attached hydrogens (tertiary/aromatic N) is 6. The number of pyridine rings is 2. The Morgan fingerprint density at radius 3 is 2.52 bits per heavy atom. The van der Waals surface area contributed by atoms with Crippen molar-refractivity contribution in [2.75, 3.05) is 37.7 Å². The molecule has 2 saturated heterocycles. The van der Waals surface area contributed by atoms with Crippen molar-refractivity contribution in [2.45, 2.75) is 30.0 Å². The summed E-state index contributed by atoms with van der Waals surface area (Å²) in [7, 11) is -3.99. The Balaban J connectivity index is 1.64. The molecule has 4 aromatic rings. The highest BCUT2D eigenvalue weighted by molar-refractivity contribution is 7.92. The van der Waals surface area contributed by atoms with Gasteiger partial charge >= 0.3 is 5.69 Å². The van der Waals surface area contributed by atoms with Crippen molar-refractivity contribution in [3.8, 4) is 16.9 Å². The van der Waals surface area contributed by atoms with E-state index in [2.05, 4.69) is 21.5 Å². The fraction of sp³-hybridized carbons (Fsp3) is 0.300. The van der Waals surface area contributed by atoms with Gasteiger partial charge in [-0.05, 0) is 44.2 Å². The molecule has 3 aromatic heterocycles. The monoisotopic (exact) mass is 622 g/mol. The Hall–Kier alpha value is -4.56. The zero-order valence-corrected chi connectivity index (χ0v) is 24.7. The van der Waals surface area contributed by atoms with Crippen LogP contribution in [0.2, 0.25) is 0 Å². The number of halogens is 2. The smallest absolute Gasteiger partial charge is 0.355 e. The third kappa shape index (κ3) is 4.83. The van der Waals surface area contributed by atoms with E-state index in [4.69, 9.17) is 4.74 Å². The molecule has 14 heteroatoms. The molecule has 0 unspecified atom stereocenters. The zero-order chi connectivity index (χ0) is 31.3. The molecule has 0 saturated carbocycles. The number of sulfone groups is 1. The number of hydrogen-bond donors (Lipinski definition) is 0. The lowest BCUT2D eigenvalue weighted by Gasteiger charge is -2.40. The third-order valence-corrected chi connectivity index (χ3v) is 10.1. The molecule has 0 aliphatic carbocycles. The molecule has 2 fully saturated rings. The maximum absolute atomic E-state index is 15.8. The number of amides is 1. The predicted octanol–water partition coefficient (Wildman–Crippen LogP) is 2.82. The van der Waals surface area contributed by atoms with Crippen molar-refractivity contribution in [3.63, 3.8) is 0 Å². The summed E-state index contributed by atoms with van der Waals surface area (Å²) in [5.41, 5.74) is -1.42. The lowest BCUT2D eigenvalue weighted by atomic mass is 10.1. The topological polar surface area (TPSA) is 128 Å². The normalized spacial score (nSPS) is 17.5. The Labute approximate surface area is 251 Å². The van der Waals surface area contributed by atoms with Crippen molar-refractivity contribution in [3.05, 3.63) is 83.1 Å². The number of fused-ring (bicyclic) bond motifs is 1. The number of aromatic nitrogens is 4. The van der Waals surface area contributed by atoms with Gasteiger partial charge in [0.25, 0.3) is 0 Å². The van der Waals surface area contributed by atoms with Gasteiger partial charge < -0.3 is 14.5 Å². The van der Waals surface area contributed by atoms with E-state index in [1.807, 2.05) is 6.92 Å². The van der Waals surface area contributed by atoms with Crippen LogP contribution in [0.5, 0.6) is 0 Å². The van der Waals surface area contributed by atoms with Gasteiger partial charge in [0.2, 0.25) is 5.91 Å².